The lowest BCUT2D eigenvalue weighted by Crippen LogP contribution is -1.94. The molecule has 82 valence electrons. The highest BCUT2D eigenvalue weighted by Gasteiger charge is 2.03. The maximum atomic E-state index is 5.67. The summed E-state index contributed by atoms with van der Waals surface area (Å²) in [5.74, 6) is 1.15. The SMILES string of the molecule is COc1cc(-c2cnc(N)c(C)c2)ccn1. The van der Waals surface area contributed by atoms with Crippen LogP contribution in [0.3, 0.4) is 0 Å². The van der Waals surface area contributed by atoms with Crippen molar-refractivity contribution in [1.82, 2.24) is 9.97 Å². The normalized spacial score (nSPS) is 10.1. The molecule has 0 saturated heterocycles. The van der Waals surface area contributed by atoms with Gasteiger partial charge in [0.05, 0.1) is 7.11 Å². The smallest absolute Gasteiger partial charge is 0.213 e. The summed E-state index contributed by atoms with van der Waals surface area (Å²) in [7, 11) is 1.60. The van der Waals surface area contributed by atoms with Crippen LogP contribution in [-0.4, -0.2) is 17.1 Å². The Morgan fingerprint density at radius 3 is 2.69 bits per heavy atom. The van der Waals surface area contributed by atoms with E-state index in [0.717, 1.165) is 16.7 Å². The third-order valence-electron chi connectivity index (χ3n) is 2.40. The van der Waals surface area contributed by atoms with Crippen LogP contribution in [0.4, 0.5) is 5.82 Å². The number of aryl methyl sites for hydroxylation is 1. The maximum absolute atomic E-state index is 5.67. The number of anilines is 1. The number of hydrogen-bond acceptors (Lipinski definition) is 4. The van der Waals surface area contributed by atoms with Crippen LogP contribution in [0.5, 0.6) is 5.88 Å². The number of ether oxygens (including phenoxy) is 1. The highest BCUT2D eigenvalue weighted by Crippen LogP contribution is 2.23. The Morgan fingerprint density at radius 2 is 2.00 bits per heavy atom. The van der Waals surface area contributed by atoms with E-state index in [0.29, 0.717) is 11.7 Å². The van der Waals surface area contributed by atoms with Crippen molar-refractivity contribution in [3.05, 3.63) is 36.2 Å². The van der Waals surface area contributed by atoms with Crippen molar-refractivity contribution in [2.75, 3.05) is 12.8 Å². The van der Waals surface area contributed by atoms with Crippen LogP contribution in [0.25, 0.3) is 11.1 Å². The second-order valence-corrected chi connectivity index (χ2v) is 3.51. The van der Waals surface area contributed by atoms with Gasteiger partial charge in [-0.3, -0.25) is 0 Å². The average molecular weight is 215 g/mol. The first-order valence-corrected chi connectivity index (χ1v) is 4.93. The molecule has 0 amide bonds. The Kier molecular flexibility index (Phi) is 2.72. The van der Waals surface area contributed by atoms with E-state index in [2.05, 4.69) is 9.97 Å². The first kappa shape index (κ1) is 10.4. The van der Waals surface area contributed by atoms with Crippen LogP contribution in [-0.2, 0) is 0 Å². The molecule has 4 nitrogen and oxygen atoms in total. The van der Waals surface area contributed by atoms with Crippen LogP contribution in [0.15, 0.2) is 30.6 Å². The zero-order valence-electron chi connectivity index (χ0n) is 9.27. The lowest BCUT2D eigenvalue weighted by atomic mass is 10.1. The quantitative estimate of drug-likeness (QED) is 0.832. The maximum Gasteiger partial charge on any atom is 0.213 e. The minimum absolute atomic E-state index is 0.560. The molecule has 2 rings (SSSR count). The number of nitrogens with zero attached hydrogens (tertiary/aromatic N) is 2. The topological polar surface area (TPSA) is 61.0 Å². The molecule has 0 bridgehead atoms. The standard InChI is InChI=1S/C12H13N3O/c1-8-5-10(7-15-12(8)13)9-3-4-14-11(6-9)16-2/h3-7H,1-2H3,(H2,13,15). The summed E-state index contributed by atoms with van der Waals surface area (Å²) >= 11 is 0. The van der Waals surface area contributed by atoms with Crippen LogP contribution in [0.1, 0.15) is 5.56 Å². The second-order valence-electron chi connectivity index (χ2n) is 3.51. The molecule has 0 aliphatic carbocycles. The number of nitrogens with two attached hydrogens (primary N) is 1. The van der Waals surface area contributed by atoms with E-state index in [9.17, 15) is 0 Å². The van der Waals surface area contributed by atoms with Crippen LogP contribution >= 0.6 is 0 Å². The van der Waals surface area contributed by atoms with Crippen molar-refractivity contribution in [3.8, 4) is 17.0 Å². The summed E-state index contributed by atoms with van der Waals surface area (Å²) in [5.41, 5.74) is 8.66. The third-order valence-corrected chi connectivity index (χ3v) is 2.40. The molecule has 4 heteroatoms. The highest BCUT2D eigenvalue weighted by atomic mass is 16.5. The van der Waals surface area contributed by atoms with Crippen molar-refractivity contribution in [3.63, 3.8) is 0 Å². The van der Waals surface area contributed by atoms with E-state index in [4.69, 9.17) is 10.5 Å². The molecule has 0 radical (unpaired) electrons. The van der Waals surface area contributed by atoms with Gasteiger partial charge in [0.1, 0.15) is 5.82 Å². The molecule has 2 heterocycles. The van der Waals surface area contributed by atoms with Crippen LogP contribution < -0.4 is 10.5 Å². The largest absolute Gasteiger partial charge is 0.481 e. The van der Waals surface area contributed by atoms with Gasteiger partial charge < -0.3 is 10.5 Å². The summed E-state index contributed by atoms with van der Waals surface area (Å²) in [5, 5.41) is 0. The van der Waals surface area contributed by atoms with Gasteiger partial charge in [0.25, 0.3) is 0 Å². The Bertz CT molecular complexity index is 511. The Morgan fingerprint density at radius 1 is 1.19 bits per heavy atom. The van der Waals surface area contributed by atoms with E-state index >= 15 is 0 Å². The second kappa shape index (κ2) is 4.18. The molecule has 0 atom stereocenters. The van der Waals surface area contributed by atoms with Crippen molar-refractivity contribution in [1.29, 1.82) is 0 Å². The zero-order valence-corrected chi connectivity index (χ0v) is 9.27. The molecule has 0 saturated carbocycles. The fourth-order valence-corrected chi connectivity index (χ4v) is 1.44. The van der Waals surface area contributed by atoms with Crippen LogP contribution in [0, 0.1) is 6.92 Å². The summed E-state index contributed by atoms with van der Waals surface area (Å²) < 4.78 is 5.07. The lowest BCUT2D eigenvalue weighted by molar-refractivity contribution is 0.398. The van der Waals surface area contributed by atoms with Gasteiger partial charge in [0, 0.05) is 24.0 Å². The highest BCUT2D eigenvalue weighted by molar-refractivity contribution is 5.65. The minimum atomic E-state index is 0.560. The van der Waals surface area contributed by atoms with Crippen molar-refractivity contribution >= 4 is 5.82 Å². The van der Waals surface area contributed by atoms with E-state index in [-0.39, 0.29) is 0 Å². The molecule has 2 aromatic heterocycles. The molecule has 0 spiro atoms. The molecular formula is C12H13N3O. The Hall–Kier alpha value is -2.10. The van der Waals surface area contributed by atoms with E-state index in [1.165, 1.54) is 0 Å². The number of hydrogen-bond donors (Lipinski definition) is 1. The van der Waals surface area contributed by atoms with E-state index in [1.807, 2.05) is 25.1 Å². The Balaban J connectivity index is 2.46. The van der Waals surface area contributed by atoms with Gasteiger partial charge in [0.15, 0.2) is 0 Å². The first-order valence-electron chi connectivity index (χ1n) is 4.93. The summed E-state index contributed by atoms with van der Waals surface area (Å²) in [6.45, 7) is 1.93. The minimum Gasteiger partial charge on any atom is -0.481 e. The van der Waals surface area contributed by atoms with Crippen molar-refractivity contribution < 1.29 is 4.74 Å². The lowest BCUT2D eigenvalue weighted by Gasteiger charge is -2.05. The molecular weight excluding hydrogens is 202 g/mol. The van der Waals surface area contributed by atoms with Gasteiger partial charge in [-0.2, -0.15) is 0 Å². The monoisotopic (exact) mass is 215 g/mol. The van der Waals surface area contributed by atoms with Gasteiger partial charge >= 0.3 is 0 Å². The molecule has 2 aromatic rings. The van der Waals surface area contributed by atoms with Crippen molar-refractivity contribution in [2.45, 2.75) is 6.92 Å². The van der Waals surface area contributed by atoms with E-state index in [1.54, 1.807) is 19.5 Å². The summed E-state index contributed by atoms with van der Waals surface area (Å²) in [4.78, 5) is 8.18. The van der Waals surface area contributed by atoms with Gasteiger partial charge in [-0.1, -0.05) is 0 Å². The number of nitrogen functional groups attached to an aromatic ring is 1. The van der Waals surface area contributed by atoms with Crippen molar-refractivity contribution in [2.24, 2.45) is 0 Å². The molecule has 0 aromatic carbocycles. The summed E-state index contributed by atoms with van der Waals surface area (Å²) in [6, 6.07) is 5.78. The van der Waals surface area contributed by atoms with Gasteiger partial charge in [0.2, 0.25) is 5.88 Å². The molecule has 0 unspecified atom stereocenters. The fraction of sp³-hybridized carbons (Fsp3) is 0.167. The molecule has 0 aliphatic heterocycles. The predicted octanol–water partition coefficient (Wildman–Crippen LogP) is 2.04. The number of rotatable bonds is 2. The van der Waals surface area contributed by atoms with E-state index < -0.39 is 0 Å². The fourth-order valence-electron chi connectivity index (χ4n) is 1.44. The summed E-state index contributed by atoms with van der Waals surface area (Å²) in [6.07, 6.45) is 3.46. The van der Waals surface area contributed by atoms with Crippen LogP contribution in [0.2, 0.25) is 0 Å². The molecule has 16 heavy (non-hydrogen) atoms. The number of pyridine rings is 2. The molecule has 2 N–H and O–H groups in total. The van der Waals surface area contributed by atoms with Gasteiger partial charge in [-0.15, -0.1) is 0 Å². The predicted molar refractivity (Wildman–Crippen MR) is 63.2 cm³/mol. The number of methoxy groups -OCH3 is 1. The third kappa shape index (κ3) is 1.95. The average Bonchev–Trinajstić information content (AvgIpc) is 2.33. The zero-order chi connectivity index (χ0) is 11.5. The van der Waals surface area contributed by atoms with Gasteiger partial charge in [-0.25, -0.2) is 9.97 Å². The molecule has 0 fully saturated rings. The number of aromatic nitrogens is 2. The first-order chi connectivity index (χ1) is 7.70. The Labute approximate surface area is 94.1 Å². The molecule has 0 aliphatic rings. The van der Waals surface area contributed by atoms with Gasteiger partial charge in [-0.05, 0) is 30.2 Å².